The van der Waals surface area contributed by atoms with E-state index in [2.05, 4.69) is 23.5 Å². The van der Waals surface area contributed by atoms with Crippen molar-refractivity contribution >= 4 is 9.84 Å². The van der Waals surface area contributed by atoms with Crippen LogP contribution in [0.1, 0.15) is 35.2 Å². The summed E-state index contributed by atoms with van der Waals surface area (Å²) in [4.78, 5) is 0.300. The van der Waals surface area contributed by atoms with E-state index in [1.807, 2.05) is 26.8 Å². The Morgan fingerprint density at radius 2 is 1.83 bits per heavy atom. The normalized spacial score (nSPS) is 14.4. The first-order valence-corrected chi connectivity index (χ1v) is 9.85. The number of sulfone groups is 1. The number of aliphatic hydroxyl groups is 1. The summed E-state index contributed by atoms with van der Waals surface area (Å²) in [5, 5.41) is 12.8. The fourth-order valence-electron chi connectivity index (χ4n) is 2.70. The predicted octanol–water partition coefficient (Wildman–Crippen LogP) is 2.77. The quantitative estimate of drug-likeness (QED) is 0.843. The maximum Gasteiger partial charge on any atom is 0.175 e. The van der Waals surface area contributed by atoms with Crippen LogP contribution >= 0.6 is 0 Å². The van der Waals surface area contributed by atoms with Gasteiger partial charge in [-0.15, -0.1) is 0 Å². The number of nitrogens with one attached hydrogen (secondary N) is 1. The summed E-state index contributed by atoms with van der Waals surface area (Å²) in [5.74, 6) is 0. The second-order valence-electron chi connectivity index (χ2n) is 6.39. The summed E-state index contributed by atoms with van der Waals surface area (Å²) in [6.07, 6.45) is 1.21. The molecule has 2 N–H and O–H groups in total. The first-order valence-electron chi connectivity index (χ1n) is 7.96. The molecule has 0 saturated carbocycles. The molecule has 2 aromatic rings. The summed E-state index contributed by atoms with van der Waals surface area (Å²) in [5.41, 5.74) is 4.21. The van der Waals surface area contributed by atoms with Crippen molar-refractivity contribution in [3.05, 3.63) is 64.7 Å². The van der Waals surface area contributed by atoms with E-state index in [0.717, 1.165) is 22.3 Å². The first-order chi connectivity index (χ1) is 11.2. The maximum atomic E-state index is 11.9. The third kappa shape index (κ3) is 4.44. The molecule has 130 valence electrons. The molecule has 0 amide bonds. The Morgan fingerprint density at radius 1 is 1.12 bits per heavy atom. The Labute approximate surface area is 144 Å². The monoisotopic (exact) mass is 347 g/mol. The largest absolute Gasteiger partial charge is 0.395 e. The second kappa shape index (κ2) is 7.47. The van der Waals surface area contributed by atoms with Gasteiger partial charge in [0.15, 0.2) is 9.84 Å². The molecule has 0 aliphatic carbocycles. The van der Waals surface area contributed by atoms with E-state index in [0.29, 0.717) is 4.90 Å². The predicted molar refractivity (Wildman–Crippen MR) is 97.0 cm³/mol. The average molecular weight is 347 g/mol. The van der Waals surface area contributed by atoms with Gasteiger partial charge in [-0.2, -0.15) is 0 Å². The van der Waals surface area contributed by atoms with Gasteiger partial charge in [0.1, 0.15) is 0 Å². The maximum absolute atomic E-state index is 11.9. The van der Waals surface area contributed by atoms with Crippen LogP contribution in [-0.4, -0.2) is 32.4 Å². The lowest BCUT2D eigenvalue weighted by Gasteiger charge is -2.25. The van der Waals surface area contributed by atoms with Crippen LogP contribution in [0, 0.1) is 13.8 Å². The van der Waals surface area contributed by atoms with Crippen molar-refractivity contribution in [3.8, 4) is 0 Å². The summed E-state index contributed by atoms with van der Waals surface area (Å²) in [7, 11) is -3.27. The van der Waals surface area contributed by atoms with E-state index in [9.17, 15) is 13.5 Å². The third-order valence-electron chi connectivity index (χ3n) is 4.09. The molecule has 0 heterocycles. The number of aliphatic hydroxyl groups excluding tert-OH is 1. The molecule has 0 radical (unpaired) electrons. The lowest BCUT2D eigenvalue weighted by Crippen LogP contribution is -2.34. The van der Waals surface area contributed by atoms with E-state index in [1.54, 1.807) is 18.2 Å². The summed E-state index contributed by atoms with van der Waals surface area (Å²) >= 11 is 0. The van der Waals surface area contributed by atoms with E-state index < -0.39 is 9.84 Å². The Kier molecular flexibility index (Phi) is 5.80. The van der Waals surface area contributed by atoms with Crippen molar-refractivity contribution in [2.24, 2.45) is 0 Å². The van der Waals surface area contributed by atoms with Gasteiger partial charge in [-0.1, -0.05) is 35.9 Å². The summed E-state index contributed by atoms with van der Waals surface area (Å²) < 4.78 is 23.8. The number of hydrogen-bond donors (Lipinski definition) is 2. The molecular formula is C19H25NO3S. The smallest absolute Gasteiger partial charge is 0.175 e. The molecule has 0 spiro atoms. The van der Waals surface area contributed by atoms with Gasteiger partial charge < -0.3 is 10.4 Å². The Balaban J connectivity index is 2.57. The molecule has 0 saturated heterocycles. The van der Waals surface area contributed by atoms with Crippen LogP contribution in [0.3, 0.4) is 0 Å². The molecule has 24 heavy (non-hydrogen) atoms. The van der Waals surface area contributed by atoms with Crippen LogP contribution < -0.4 is 5.32 Å². The number of benzene rings is 2. The molecule has 0 fully saturated rings. The topological polar surface area (TPSA) is 66.4 Å². The van der Waals surface area contributed by atoms with Gasteiger partial charge >= 0.3 is 0 Å². The van der Waals surface area contributed by atoms with E-state index in [4.69, 9.17) is 0 Å². The minimum Gasteiger partial charge on any atom is -0.395 e. The lowest BCUT2D eigenvalue weighted by atomic mass is 9.93. The van der Waals surface area contributed by atoms with E-state index in [-0.39, 0.29) is 18.7 Å². The Morgan fingerprint density at radius 3 is 2.46 bits per heavy atom. The first kappa shape index (κ1) is 18.6. The standard InChI is InChI=1S/C19H25NO3S/c1-13-8-9-14(2)18(10-13)19(20-15(3)12-21)16-6-5-7-17(11-16)24(4,22)23/h5-11,15,19-21H,12H2,1-4H3. The summed E-state index contributed by atoms with van der Waals surface area (Å²) in [6, 6.07) is 12.9. The van der Waals surface area contributed by atoms with Gasteiger partial charge in [0.05, 0.1) is 17.5 Å². The zero-order valence-electron chi connectivity index (χ0n) is 14.6. The van der Waals surface area contributed by atoms with Crippen molar-refractivity contribution in [3.63, 3.8) is 0 Å². The fourth-order valence-corrected chi connectivity index (χ4v) is 3.37. The highest BCUT2D eigenvalue weighted by molar-refractivity contribution is 7.90. The number of hydrogen-bond acceptors (Lipinski definition) is 4. The van der Waals surface area contributed by atoms with Crippen molar-refractivity contribution < 1.29 is 13.5 Å². The lowest BCUT2D eigenvalue weighted by molar-refractivity contribution is 0.245. The van der Waals surface area contributed by atoms with Gasteiger partial charge in [0.2, 0.25) is 0 Å². The minimum absolute atomic E-state index is 0.00707. The van der Waals surface area contributed by atoms with Gasteiger partial charge in [0.25, 0.3) is 0 Å². The van der Waals surface area contributed by atoms with Crippen LogP contribution in [0.4, 0.5) is 0 Å². The number of rotatable bonds is 6. The van der Waals surface area contributed by atoms with Crippen molar-refractivity contribution in [2.45, 2.75) is 37.8 Å². The molecule has 2 atom stereocenters. The van der Waals surface area contributed by atoms with E-state index in [1.165, 1.54) is 6.26 Å². The van der Waals surface area contributed by atoms with Crippen LogP contribution in [0.2, 0.25) is 0 Å². The van der Waals surface area contributed by atoms with Crippen LogP contribution in [0.15, 0.2) is 47.4 Å². The highest BCUT2D eigenvalue weighted by atomic mass is 32.2. The Bertz CT molecular complexity index is 815. The van der Waals surface area contributed by atoms with Gasteiger partial charge in [-0.25, -0.2) is 8.42 Å². The third-order valence-corrected chi connectivity index (χ3v) is 5.20. The molecule has 2 rings (SSSR count). The van der Waals surface area contributed by atoms with Crippen LogP contribution in [-0.2, 0) is 9.84 Å². The zero-order valence-corrected chi connectivity index (χ0v) is 15.4. The van der Waals surface area contributed by atoms with Crippen molar-refractivity contribution in [2.75, 3.05) is 12.9 Å². The molecule has 2 aromatic carbocycles. The van der Waals surface area contributed by atoms with Crippen LogP contribution in [0.5, 0.6) is 0 Å². The molecule has 4 nitrogen and oxygen atoms in total. The highest BCUT2D eigenvalue weighted by Crippen LogP contribution is 2.28. The average Bonchev–Trinajstić information content (AvgIpc) is 2.54. The van der Waals surface area contributed by atoms with Gasteiger partial charge in [0, 0.05) is 12.3 Å². The van der Waals surface area contributed by atoms with Crippen LogP contribution in [0.25, 0.3) is 0 Å². The second-order valence-corrected chi connectivity index (χ2v) is 8.40. The highest BCUT2D eigenvalue weighted by Gasteiger charge is 2.20. The van der Waals surface area contributed by atoms with Crippen molar-refractivity contribution in [1.82, 2.24) is 5.32 Å². The molecule has 0 aliphatic rings. The molecule has 5 heteroatoms. The Hall–Kier alpha value is -1.69. The molecular weight excluding hydrogens is 322 g/mol. The zero-order chi connectivity index (χ0) is 17.9. The molecule has 0 bridgehead atoms. The summed E-state index contributed by atoms with van der Waals surface area (Å²) in [6.45, 7) is 5.97. The van der Waals surface area contributed by atoms with Gasteiger partial charge in [-0.3, -0.25) is 0 Å². The number of aryl methyl sites for hydroxylation is 2. The van der Waals surface area contributed by atoms with E-state index >= 15 is 0 Å². The molecule has 0 aromatic heterocycles. The van der Waals surface area contributed by atoms with Crippen molar-refractivity contribution in [1.29, 1.82) is 0 Å². The minimum atomic E-state index is -3.27. The van der Waals surface area contributed by atoms with Gasteiger partial charge in [-0.05, 0) is 49.6 Å². The molecule has 0 aliphatic heterocycles. The SMILES string of the molecule is Cc1ccc(C)c(C(NC(C)CO)c2cccc(S(C)(=O)=O)c2)c1. The fraction of sp³-hybridized carbons (Fsp3) is 0.368. The molecule has 2 unspecified atom stereocenters.